The number of fused-ring (bicyclic) bond motifs is 1. The van der Waals surface area contributed by atoms with Gasteiger partial charge in [-0.1, -0.05) is 44.0 Å². The van der Waals surface area contributed by atoms with Gasteiger partial charge in [0, 0.05) is 32.1 Å². The van der Waals surface area contributed by atoms with E-state index in [4.69, 9.17) is 26.7 Å². The summed E-state index contributed by atoms with van der Waals surface area (Å²) in [4.78, 5) is 27.1. The van der Waals surface area contributed by atoms with E-state index in [1.807, 2.05) is 24.0 Å². The summed E-state index contributed by atoms with van der Waals surface area (Å²) in [5, 5.41) is 6.11. The van der Waals surface area contributed by atoms with Gasteiger partial charge in [-0.2, -0.15) is 5.10 Å². The lowest BCUT2D eigenvalue weighted by atomic mass is 10.1. The monoisotopic (exact) mass is 520 g/mol. The summed E-state index contributed by atoms with van der Waals surface area (Å²) >= 11 is 6.27. The van der Waals surface area contributed by atoms with Crippen molar-refractivity contribution in [1.82, 2.24) is 24.6 Å². The second-order valence-electron chi connectivity index (χ2n) is 9.53. The Balaban J connectivity index is 1.51. The standard InChI is InChI=1S/C28H30ClFN6O/c1-4-7-18(2)25-31-26(24-19(3)33-36(27(24)32-25)21-12-10-20(30)11-13-21)34-14-16-35(17-15-34)28(37)22-8-5-6-9-23(22)29/h5-6,8-13,18H,4,7,14-17H2,1-3H3. The molecule has 1 atom stereocenters. The molecule has 1 unspecified atom stereocenters. The van der Waals surface area contributed by atoms with Crippen LogP contribution < -0.4 is 4.90 Å². The average Bonchev–Trinajstić information content (AvgIpc) is 3.25. The Kier molecular flexibility index (Phi) is 7.11. The third kappa shape index (κ3) is 4.90. The number of nitrogens with zero attached hydrogens (tertiary/aromatic N) is 6. The molecule has 0 spiro atoms. The molecule has 1 aliphatic heterocycles. The molecular formula is C28H30ClFN6O. The fourth-order valence-electron chi connectivity index (χ4n) is 4.88. The van der Waals surface area contributed by atoms with Gasteiger partial charge in [0.1, 0.15) is 17.5 Å². The van der Waals surface area contributed by atoms with Crippen molar-refractivity contribution < 1.29 is 9.18 Å². The molecule has 0 bridgehead atoms. The van der Waals surface area contributed by atoms with E-state index in [2.05, 4.69) is 18.7 Å². The topological polar surface area (TPSA) is 67.2 Å². The highest BCUT2D eigenvalue weighted by Crippen LogP contribution is 2.32. The third-order valence-electron chi connectivity index (χ3n) is 6.90. The van der Waals surface area contributed by atoms with Crippen molar-refractivity contribution in [2.24, 2.45) is 0 Å². The molecule has 0 aliphatic carbocycles. The smallest absolute Gasteiger partial charge is 0.255 e. The number of anilines is 1. The molecule has 0 N–H and O–H groups in total. The third-order valence-corrected chi connectivity index (χ3v) is 7.23. The number of hydrogen-bond acceptors (Lipinski definition) is 5. The number of benzene rings is 2. The van der Waals surface area contributed by atoms with Crippen molar-refractivity contribution in [2.75, 3.05) is 31.1 Å². The fraction of sp³-hybridized carbons (Fsp3) is 0.357. The fourth-order valence-corrected chi connectivity index (χ4v) is 5.09. The molecular weight excluding hydrogens is 491 g/mol. The number of carbonyl (C=O) groups is 1. The van der Waals surface area contributed by atoms with Crippen LogP contribution in [0, 0.1) is 12.7 Å². The largest absolute Gasteiger partial charge is 0.352 e. The number of aromatic nitrogens is 4. The van der Waals surface area contributed by atoms with Crippen LogP contribution >= 0.6 is 11.6 Å². The van der Waals surface area contributed by atoms with Gasteiger partial charge in [0.05, 0.1) is 27.4 Å². The van der Waals surface area contributed by atoms with Crippen LogP contribution in [0.5, 0.6) is 0 Å². The summed E-state index contributed by atoms with van der Waals surface area (Å²) < 4.78 is 15.4. The lowest BCUT2D eigenvalue weighted by Crippen LogP contribution is -2.49. The van der Waals surface area contributed by atoms with Crippen LogP contribution in [-0.2, 0) is 0 Å². The Morgan fingerprint density at radius 2 is 1.76 bits per heavy atom. The predicted molar refractivity (Wildman–Crippen MR) is 144 cm³/mol. The maximum Gasteiger partial charge on any atom is 0.255 e. The van der Waals surface area contributed by atoms with E-state index in [0.717, 1.165) is 41.3 Å². The molecule has 192 valence electrons. The number of rotatable bonds is 6. The number of piperazine rings is 1. The number of halogens is 2. The maximum atomic E-state index is 13.6. The SMILES string of the molecule is CCCC(C)c1nc(N2CCN(C(=O)c3ccccc3Cl)CC2)c2c(C)nn(-c3ccc(F)cc3)c2n1. The van der Waals surface area contributed by atoms with Gasteiger partial charge in [-0.25, -0.2) is 19.0 Å². The number of aryl methyl sites for hydroxylation is 1. The van der Waals surface area contributed by atoms with E-state index < -0.39 is 0 Å². The van der Waals surface area contributed by atoms with Crippen LogP contribution in [-0.4, -0.2) is 56.7 Å². The first kappa shape index (κ1) is 25.1. The molecule has 7 nitrogen and oxygen atoms in total. The molecule has 1 saturated heterocycles. The minimum atomic E-state index is -0.297. The van der Waals surface area contributed by atoms with Crippen molar-refractivity contribution in [3.63, 3.8) is 0 Å². The van der Waals surface area contributed by atoms with Crippen molar-refractivity contribution in [3.05, 3.63) is 76.5 Å². The molecule has 0 saturated carbocycles. The highest BCUT2D eigenvalue weighted by atomic mass is 35.5. The van der Waals surface area contributed by atoms with Gasteiger partial charge in [-0.3, -0.25) is 4.79 Å². The van der Waals surface area contributed by atoms with E-state index in [0.29, 0.717) is 42.4 Å². The molecule has 2 aromatic heterocycles. The predicted octanol–water partition coefficient (Wildman–Crippen LogP) is 5.78. The minimum absolute atomic E-state index is 0.0596. The van der Waals surface area contributed by atoms with Crippen molar-refractivity contribution in [3.8, 4) is 5.69 Å². The minimum Gasteiger partial charge on any atom is -0.352 e. The Bertz CT molecular complexity index is 1430. The van der Waals surface area contributed by atoms with Crippen molar-refractivity contribution >= 4 is 34.4 Å². The first-order valence-electron chi connectivity index (χ1n) is 12.7. The second-order valence-corrected chi connectivity index (χ2v) is 9.93. The number of hydrogen-bond donors (Lipinski definition) is 0. The summed E-state index contributed by atoms with van der Waals surface area (Å²) in [6.07, 6.45) is 1.99. The van der Waals surface area contributed by atoms with Gasteiger partial charge in [0.25, 0.3) is 5.91 Å². The second kappa shape index (κ2) is 10.5. The first-order valence-corrected chi connectivity index (χ1v) is 13.1. The maximum absolute atomic E-state index is 13.6. The van der Waals surface area contributed by atoms with Gasteiger partial charge in [0.15, 0.2) is 5.65 Å². The summed E-state index contributed by atoms with van der Waals surface area (Å²) in [7, 11) is 0. The molecule has 4 aromatic rings. The zero-order valence-electron chi connectivity index (χ0n) is 21.3. The summed E-state index contributed by atoms with van der Waals surface area (Å²) in [5.74, 6) is 1.42. The molecule has 9 heteroatoms. The van der Waals surface area contributed by atoms with E-state index >= 15 is 0 Å². The summed E-state index contributed by atoms with van der Waals surface area (Å²) in [5.41, 5.74) is 2.78. The lowest BCUT2D eigenvalue weighted by Gasteiger charge is -2.36. The van der Waals surface area contributed by atoms with Gasteiger partial charge >= 0.3 is 0 Å². The molecule has 5 rings (SSSR count). The molecule has 1 aliphatic rings. The van der Waals surface area contributed by atoms with Crippen LogP contribution in [0.15, 0.2) is 48.5 Å². The normalized spacial score (nSPS) is 14.8. The molecule has 1 fully saturated rings. The quantitative estimate of drug-likeness (QED) is 0.322. The van der Waals surface area contributed by atoms with E-state index in [-0.39, 0.29) is 17.6 Å². The van der Waals surface area contributed by atoms with E-state index in [9.17, 15) is 9.18 Å². The Morgan fingerprint density at radius 3 is 2.43 bits per heavy atom. The van der Waals surface area contributed by atoms with Crippen LogP contribution in [0.4, 0.5) is 10.2 Å². The molecule has 0 radical (unpaired) electrons. The van der Waals surface area contributed by atoms with E-state index in [1.54, 1.807) is 28.9 Å². The molecule has 3 heterocycles. The first-order chi connectivity index (χ1) is 17.9. The zero-order chi connectivity index (χ0) is 26.1. The van der Waals surface area contributed by atoms with Crippen LogP contribution in [0.25, 0.3) is 16.7 Å². The van der Waals surface area contributed by atoms with E-state index in [1.165, 1.54) is 12.1 Å². The van der Waals surface area contributed by atoms with Gasteiger partial charge < -0.3 is 9.80 Å². The van der Waals surface area contributed by atoms with Crippen molar-refractivity contribution in [2.45, 2.75) is 39.5 Å². The zero-order valence-corrected chi connectivity index (χ0v) is 22.0. The van der Waals surface area contributed by atoms with Gasteiger partial charge in [-0.15, -0.1) is 0 Å². The highest BCUT2D eigenvalue weighted by molar-refractivity contribution is 6.33. The molecule has 1 amide bonds. The number of amides is 1. The Morgan fingerprint density at radius 1 is 1.05 bits per heavy atom. The highest BCUT2D eigenvalue weighted by Gasteiger charge is 2.28. The van der Waals surface area contributed by atoms with Gasteiger partial charge in [-0.05, 0) is 49.7 Å². The summed E-state index contributed by atoms with van der Waals surface area (Å²) in [6.45, 7) is 8.61. The molecule has 37 heavy (non-hydrogen) atoms. The Hall–Kier alpha value is -3.52. The number of carbonyl (C=O) groups excluding carboxylic acids is 1. The Labute approximate surface area is 220 Å². The molecule has 2 aromatic carbocycles. The van der Waals surface area contributed by atoms with Crippen molar-refractivity contribution in [1.29, 1.82) is 0 Å². The van der Waals surface area contributed by atoms with Crippen LogP contribution in [0.2, 0.25) is 5.02 Å². The van der Waals surface area contributed by atoms with Crippen LogP contribution in [0.3, 0.4) is 0 Å². The van der Waals surface area contributed by atoms with Crippen LogP contribution in [0.1, 0.15) is 54.5 Å². The van der Waals surface area contributed by atoms with Gasteiger partial charge in [0.2, 0.25) is 0 Å². The lowest BCUT2D eigenvalue weighted by molar-refractivity contribution is 0.0746. The summed E-state index contributed by atoms with van der Waals surface area (Å²) in [6, 6.07) is 13.4. The average molecular weight is 521 g/mol.